The van der Waals surface area contributed by atoms with Gasteiger partial charge in [-0.1, -0.05) is 6.07 Å². The van der Waals surface area contributed by atoms with Crippen LogP contribution in [0.4, 0.5) is 0 Å². The highest BCUT2D eigenvalue weighted by molar-refractivity contribution is 5.76. The first kappa shape index (κ1) is 12.1. The van der Waals surface area contributed by atoms with Crippen molar-refractivity contribution in [3.63, 3.8) is 0 Å². The zero-order chi connectivity index (χ0) is 12.3. The van der Waals surface area contributed by atoms with Gasteiger partial charge < -0.3 is 15.6 Å². The summed E-state index contributed by atoms with van der Waals surface area (Å²) in [7, 11) is 2.05. The zero-order valence-corrected chi connectivity index (χ0v) is 10.5. The minimum Gasteiger partial charge on any atom is -0.331 e. The third kappa shape index (κ3) is 2.65. The van der Waals surface area contributed by atoms with Gasteiger partial charge in [0.1, 0.15) is 5.82 Å². The summed E-state index contributed by atoms with van der Waals surface area (Å²) in [5, 5.41) is 3.37. The average molecular weight is 232 g/mol. The maximum atomic E-state index is 5.45. The summed E-state index contributed by atoms with van der Waals surface area (Å²) in [5.41, 5.74) is 8.98. The summed E-state index contributed by atoms with van der Waals surface area (Å²) in [6, 6.07) is 6.44. The van der Waals surface area contributed by atoms with Crippen molar-refractivity contribution in [2.45, 2.75) is 19.9 Å². The summed E-state index contributed by atoms with van der Waals surface area (Å²) in [6.45, 7) is 4.62. The van der Waals surface area contributed by atoms with E-state index in [9.17, 15) is 0 Å². The van der Waals surface area contributed by atoms with Gasteiger partial charge in [0.25, 0.3) is 0 Å². The number of imidazole rings is 1. The van der Waals surface area contributed by atoms with Crippen molar-refractivity contribution in [1.29, 1.82) is 0 Å². The average Bonchev–Trinajstić information content (AvgIpc) is 2.61. The molecule has 0 fully saturated rings. The largest absolute Gasteiger partial charge is 0.331 e. The second-order valence-electron chi connectivity index (χ2n) is 4.36. The number of nitrogens with zero attached hydrogens (tertiary/aromatic N) is 2. The highest BCUT2D eigenvalue weighted by Gasteiger charge is 2.04. The number of hydrogen-bond acceptors (Lipinski definition) is 3. The van der Waals surface area contributed by atoms with E-state index >= 15 is 0 Å². The van der Waals surface area contributed by atoms with Gasteiger partial charge in [-0.2, -0.15) is 0 Å². The molecule has 0 spiro atoms. The molecule has 0 aliphatic carbocycles. The lowest BCUT2D eigenvalue weighted by molar-refractivity contribution is 0.656. The lowest BCUT2D eigenvalue weighted by atomic mass is 10.2. The third-order valence-corrected chi connectivity index (χ3v) is 3.06. The van der Waals surface area contributed by atoms with Gasteiger partial charge in [0.15, 0.2) is 0 Å². The zero-order valence-electron chi connectivity index (χ0n) is 10.5. The van der Waals surface area contributed by atoms with E-state index in [0.29, 0.717) is 0 Å². The van der Waals surface area contributed by atoms with E-state index in [-0.39, 0.29) is 0 Å². The summed E-state index contributed by atoms with van der Waals surface area (Å²) in [5.74, 6) is 1.05. The van der Waals surface area contributed by atoms with Gasteiger partial charge >= 0.3 is 0 Å². The fraction of sp³-hybridized carbons (Fsp3) is 0.462. The Labute approximate surface area is 102 Å². The van der Waals surface area contributed by atoms with Crippen LogP contribution in [0.5, 0.6) is 0 Å². The lowest BCUT2D eigenvalue weighted by Gasteiger charge is -2.04. The Bertz CT molecular complexity index is 501. The molecule has 0 radical (unpaired) electrons. The molecule has 0 saturated heterocycles. The minimum atomic E-state index is 0.742. The van der Waals surface area contributed by atoms with Crippen LogP contribution in [0.15, 0.2) is 18.2 Å². The molecule has 4 nitrogen and oxygen atoms in total. The molecule has 2 rings (SSSR count). The van der Waals surface area contributed by atoms with Crippen molar-refractivity contribution in [1.82, 2.24) is 14.9 Å². The summed E-state index contributed by atoms with van der Waals surface area (Å²) < 4.78 is 2.11. The molecule has 2 aromatic rings. The van der Waals surface area contributed by atoms with Gasteiger partial charge in [-0.15, -0.1) is 0 Å². The minimum absolute atomic E-state index is 0.742. The van der Waals surface area contributed by atoms with E-state index in [1.165, 1.54) is 11.1 Å². The van der Waals surface area contributed by atoms with Crippen LogP contribution in [-0.4, -0.2) is 22.6 Å². The number of rotatable bonds is 5. The predicted octanol–water partition coefficient (Wildman–Crippen LogP) is 1.32. The summed E-state index contributed by atoms with van der Waals surface area (Å²) >= 11 is 0. The van der Waals surface area contributed by atoms with Gasteiger partial charge in [-0.25, -0.2) is 4.98 Å². The molecular weight excluding hydrogens is 212 g/mol. The number of aromatic nitrogens is 2. The molecule has 0 saturated carbocycles. The van der Waals surface area contributed by atoms with Gasteiger partial charge in [0.05, 0.1) is 11.0 Å². The maximum Gasteiger partial charge on any atom is 0.106 e. The number of benzene rings is 1. The molecule has 92 valence electrons. The Morgan fingerprint density at radius 1 is 1.41 bits per heavy atom. The standard InChI is InChI=1S/C13H20N4/c1-10-16-12-8-11(9-15-7-3-6-14)4-5-13(12)17(10)2/h4-5,8,15H,3,6-7,9,14H2,1-2H3. The number of nitrogens with one attached hydrogen (secondary N) is 1. The topological polar surface area (TPSA) is 55.9 Å². The van der Waals surface area contributed by atoms with Crippen molar-refractivity contribution >= 4 is 11.0 Å². The molecule has 1 heterocycles. The second-order valence-corrected chi connectivity index (χ2v) is 4.36. The van der Waals surface area contributed by atoms with Crippen LogP contribution in [0.3, 0.4) is 0 Å². The number of fused-ring (bicyclic) bond motifs is 1. The van der Waals surface area contributed by atoms with Gasteiger partial charge in [0.2, 0.25) is 0 Å². The quantitative estimate of drug-likeness (QED) is 0.764. The van der Waals surface area contributed by atoms with E-state index in [0.717, 1.165) is 37.4 Å². The highest BCUT2D eigenvalue weighted by atomic mass is 15.0. The molecule has 1 aromatic heterocycles. The van der Waals surface area contributed by atoms with Crippen LogP contribution in [0.1, 0.15) is 17.8 Å². The van der Waals surface area contributed by atoms with Crippen molar-refractivity contribution in [2.75, 3.05) is 13.1 Å². The predicted molar refractivity (Wildman–Crippen MR) is 70.8 cm³/mol. The Balaban J connectivity index is 2.09. The third-order valence-electron chi connectivity index (χ3n) is 3.06. The lowest BCUT2D eigenvalue weighted by Crippen LogP contribution is -2.17. The fourth-order valence-corrected chi connectivity index (χ4v) is 1.94. The number of hydrogen-bond donors (Lipinski definition) is 2. The molecule has 1 aromatic carbocycles. The van der Waals surface area contributed by atoms with Crippen molar-refractivity contribution in [3.8, 4) is 0 Å². The second kappa shape index (κ2) is 5.29. The first-order valence-corrected chi connectivity index (χ1v) is 6.05. The molecule has 4 heteroatoms. The first-order chi connectivity index (χ1) is 8.22. The molecule has 0 aliphatic rings. The molecular formula is C13H20N4. The maximum absolute atomic E-state index is 5.45. The Morgan fingerprint density at radius 3 is 3.00 bits per heavy atom. The molecule has 17 heavy (non-hydrogen) atoms. The van der Waals surface area contributed by atoms with E-state index in [2.05, 4.69) is 33.1 Å². The van der Waals surface area contributed by atoms with Crippen molar-refractivity contribution in [3.05, 3.63) is 29.6 Å². The number of nitrogens with two attached hydrogens (primary N) is 1. The highest BCUT2D eigenvalue weighted by Crippen LogP contribution is 2.16. The van der Waals surface area contributed by atoms with E-state index in [4.69, 9.17) is 5.73 Å². The van der Waals surface area contributed by atoms with E-state index in [1.54, 1.807) is 0 Å². The normalized spacial score (nSPS) is 11.2. The fourth-order valence-electron chi connectivity index (χ4n) is 1.94. The number of aryl methyl sites for hydroxylation is 2. The Kier molecular flexibility index (Phi) is 3.76. The van der Waals surface area contributed by atoms with Gasteiger partial charge in [0, 0.05) is 13.6 Å². The van der Waals surface area contributed by atoms with Crippen LogP contribution in [-0.2, 0) is 13.6 Å². The van der Waals surface area contributed by atoms with E-state index < -0.39 is 0 Å². The molecule has 0 unspecified atom stereocenters. The van der Waals surface area contributed by atoms with Crippen LogP contribution in [0, 0.1) is 6.92 Å². The summed E-state index contributed by atoms with van der Waals surface area (Å²) in [4.78, 5) is 4.53. The monoisotopic (exact) mass is 232 g/mol. The van der Waals surface area contributed by atoms with Crippen LogP contribution in [0.25, 0.3) is 11.0 Å². The Hall–Kier alpha value is -1.39. The molecule has 0 amide bonds. The van der Waals surface area contributed by atoms with Crippen LogP contribution < -0.4 is 11.1 Å². The summed E-state index contributed by atoms with van der Waals surface area (Å²) in [6.07, 6.45) is 1.02. The van der Waals surface area contributed by atoms with Crippen molar-refractivity contribution < 1.29 is 0 Å². The molecule has 0 bridgehead atoms. The van der Waals surface area contributed by atoms with Gasteiger partial charge in [-0.05, 0) is 44.1 Å². The first-order valence-electron chi connectivity index (χ1n) is 6.05. The molecule has 0 aliphatic heterocycles. The van der Waals surface area contributed by atoms with Crippen molar-refractivity contribution in [2.24, 2.45) is 12.8 Å². The molecule has 0 atom stereocenters. The smallest absolute Gasteiger partial charge is 0.106 e. The SMILES string of the molecule is Cc1nc2cc(CNCCCN)ccc2n1C. The van der Waals surface area contributed by atoms with E-state index in [1.807, 2.05) is 14.0 Å². The molecule has 3 N–H and O–H groups in total. The van der Waals surface area contributed by atoms with Crippen LogP contribution >= 0.6 is 0 Å². The Morgan fingerprint density at radius 2 is 2.24 bits per heavy atom. The van der Waals surface area contributed by atoms with Gasteiger partial charge in [-0.3, -0.25) is 0 Å². The van der Waals surface area contributed by atoms with Crippen LogP contribution in [0.2, 0.25) is 0 Å².